The third-order valence-corrected chi connectivity index (χ3v) is 1.12. The molecule has 0 saturated carbocycles. The van der Waals surface area contributed by atoms with Crippen molar-refractivity contribution in [1.82, 2.24) is 0 Å². The maximum Gasteiger partial charge on any atom is 1.00 e. The van der Waals surface area contributed by atoms with Crippen LogP contribution >= 0.6 is 0 Å². The van der Waals surface area contributed by atoms with E-state index in [4.69, 9.17) is 5.21 Å². The van der Waals surface area contributed by atoms with Crippen LogP contribution in [0.1, 0.15) is 1.43 Å². The number of para-hydroxylation sites is 1. The van der Waals surface area contributed by atoms with Crippen LogP contribution in [0.2, 0.25) is 0 Å². The Labute approximate surface area is 87.3 Å². The largest absolute Gasteiger partial charge is 1.00 e. The topological polar surface area (TPSA) is 61.7 Å². The van der Waals surface area contributed by atoms with Crippen LogP contribution in [0, 0.1) is 4.91 Å². The summed E-state index contributed by atoms with van der Waals surface area (Å²) >= 11 is 0. The average molecular weight is 162 g/mol. The number of hydrogen-bond acceptors (Lipinski definition) is 4. The van der Waals surface area contributed by atoms with Gasteiger partial charge in [0.2, 0.25) is 0 Å². The second-order valence-corrected chi connectivity index (χ2v) is 1.72. The van der Waals surface area contributed by atoms with Gasteiger partial charge in [-0.3, -0.25) is 10.7 Å². The van der Waals surface area contributed by atoms with E-state index >= 15 is 0 Å². The molecule has 0 aliphatic carbocycles. The number of nitroso groups, excluding NO2 is 1. The van der Waals surface area contributed by atoms with E-state index in [1.54, 1.807) is 18.2 Å². The van der Waals surface area contributed by atoms with Gasteiger partial charge in [-0.25, -0.2) is 0 Å². The molecule has 1 aromatic carbocycles. The molecular weight excluding hydrogens is 155 g/mol. The molecule has 0 atom stereocenters. The molecule has 0 spiro atoms. The third kappa shape index (κ3) is 2.59. The maximum absolute atomic E-state index is 9.99. The van der Waals surface area contributed by atoms with Gasteiger partial charge in [0.1, 0.15) is 5.69 Å². The van der Waals surface area contributed by atoms with E-state index in [1.165, 1.54) is 6.07 Å². The van der Waals surface area contributed by atoms with Crippen LogP contribution in [0.15, 0.2) is 29.4 Å². The second-order valence-electron chi connectivity index (χ2n) is 1.72. The zero-order valence-corrected chi connectivity index (χ0v) is 8.11. The first kappa shape index (κ1) is 10.6. The summed E-state index contributed by atoms with van der Waals surface area (Å²) in [5.41, 5.74) is 2.37. The van der Waals surface area contributed by atoms with Crippen molar-refractivity contribution in [2.45, 2.75) is 0 Å². The molecule has 4 nitrogen and oxygen atoms in total. The van der Waals surface area contributed by atoms with Crippen LogP contribution in [0.5, 0.6) is 0 Å². The molecule has 0 bridgehead atoms. The fraction of sp³-hybridized carbons (Fsp3) is 0. The molecule has 1 rings (SSSR count). The van der Waals surface area contributed by atoms with Crippen molar-refractivity contribution in [2.75, 3.05) is 5.48 Å². The minimum Gasteiger partial charge on any atom is -1.00 e. The third-order valence-electron chi connectivity index (χ3n) is 1.12. The number of nitrogens with one attached hydrogen (secondary N) is 1. The monoisotopic (exact) mass is 162 g/mol. The van der Waals surface area contributed by atoms with Crippen molar-refractivity contribution < 1.29 is 36.2 Å². The number of rotatable bonds is 2. The minimum absolute atomic E-state index is 0. The van der Waals surface area contributed by atoms with Crippen LogP contribution in [0.25, 0.3) is 0 Å². The standard InChI is InChI=1S/C6H6N2O2.Na.H/c9-7-5-3-1-2-4-6(5)8-10;;/h1-4,7,9H;;/q;+1;-1. The Kier molecular flexibility index (Phi) is 5.06. The second kappa shape index (κ2) is 5.26. The molecule has 0 saturated heterocycles. The van der Waals surface area contributed by atoms with Gasteiger partial charge in [-0.1, -0.05) is 12.1 Å². The summed E-state index contributed by atoms with van der Waals surface area (Å²) < 4.78 is 0. The Morgan fingerprint density at radius 1 is 1.45 bits per heavy atom. The molecule has 1 aromatic rings. The van der Waals surface area contributed by atoms with Crippen molar-refractivity contribution in [3.05, 3.63) is 29.2 Å². The average Bonchev–Trinajstić information content (AvgIpc) is 2.04. The quantitative estimate of drug-likeness (QED) is 0.333. The molecule has 54 valence electrons. The van der Waals surface area contributed by atoms with Gasteiger partial charge in [-0.15, -0.1) is 4.91 Å². The smallest absolute Gasteiger partial charge is 1.00 e. The van der Waals surface area contributed by atoms with E-state index in [2.05, 4.69) is 5.18 Å². The van der Waals surface area contributed by atoms with Crippen molar-refractivity contribution in [2.24, 2.45) is 5.18 Å². The van der Waals surface area contributed by atoms with Crippen LogP contribution in [-0.4, -0.2) is 5.21 Å². The van der Waals surface area contributed by atoms with E-state index in [0.717, 1.165) is 0 Å². The fourth-order valence-electron chi connectivity index (χ4n) is 0.648. The molecule has 2 N–H and O–H groups in total. The fourth-order valence-corrected chi connectivity index (χ4v) is 0.648. The van der Waals surface area contributed by atoms with Gasteiger partial charge in [0.25, 0.3) is 0 Å². The summed E-state index contributed by atoms with van der Waals surface area (Å²) in [5.74, 6) is 0. The molecule has 0 aromatic heterocycles. The van der Waals surface area contributed by atoms with E-state index in [0.29, 0.717) is 5.69 Å². The molecule has 0 aliphatic heterocycles. The van der Waals surface area contributed by atoms with Gasteiger partial charge in [-0.05, 0) is 17.3 Å². The molecular formula is C6H7N2NaO2. The Bertz CT molecular complexity index is 247. The SMILES string of the molecule is O=Nc1ccccc1NO.[H-].[Na+]. The molecule has 0 amide bonds. The first-order valence-corrected chi connectivity index (χ1v) is 2.71. The van der Waals surface area contributed by atoms with Crippen molar-refractivity contribution in [3.8, 4) is 0 Å². The summed E-state index contributed by atoms with van der Waals surface area (Å²) in [5, 5.41) is 11.1. The Morgan fingerprint density at radius 3 is 2.55 bits per heavy atom. The minimum atomic E-state index is 0. The van der Waals surface area contributed by atoms with Crippen molar-refractivity contribution in [3.63, 3.8) is 0 Å². The van der Waals surface area contributed by atoms with Gasteiger partial charge in [0, 0.05) is 0 Å². The first-order chi connectivity index (χ1) is 4.88. The van der Waals surface area contributed by atoms with Crippen molar-refractivity contribution in [1.29, 1.82) is 0 Å². The summed E-state index contributed by atoms with van der Waals surface area (Å²) in [6, 6.07) is 6.41. The van der Waals surface area contributed by atoms with E-state index in [1.807, 2.05) is 5.48 Å². The van der Waals surface area contributed by atoms with E-state index in [-0.39, 0.29) is 36.7 Å². The summed E-state index contributed by atoms with van der Waals surface area (Å²) in [6.45, 7) is 0. The Morgan fingerprint density at radius 2 is 2.09 bits per heavy atom. The summed E-state index contributed by atoms with van der Waals surface area (Å²) in [6.07, 6.45) is 0. The van der Waals surface area contributed by atoms with Crippen LogP contribution in [0.3, 0.4) is 0 Å². The molecule has 0 radical (unpaired) electrons. The van der Waals surface area contributed by atoms with Crippen LogP contribution in [-0.2, 0) is 0 Å². The number of nitrogens with zero attached hydrogens (tertiary/aromatic N) is 1. The maximum atomic E-state index is 9.99. The number of hydrogen-bond donors (Lipinski definition) is 2. The predicted molar refractivity (Wildman–Crippen MR) is 38.4 cm³/mol. The molecule has 0 heterocycles. The van der Waals surface area contributed by atoms with Gasteiger partial charge in [-0.2, -0.15) is 0 Å². The Balaban J connectivity index is 0. The van der Waals surface area contributed by atoms with E-state index < -0.39 is 0 Å². The van der Waals surface area contributed by atoms with E-state index in [9.17, 15) is 4.91 Å². The number of anilines is 1. The molecule has 11 heavy (non-hydrogen) atoms. The number of benzene rings is 1. The van der Waals surface area contributed by atoms with Gasteiger partial charge >= 0.3 is 29.6 Å². The zero-order chi connectivity index (χ0) is 7.40. The van der Waals surface area contributed by atoms with Crippen LogP contribution in [0.4, 0.5) is 11.4 Å². The van der Waals surface area contributed by atoms with Crippen molar-refractivity contribution >= 4 is 11.4 Å². The molecule has 0 aliphatic rings. The Hall–Kier alpha value is -0.420. The molecule has 0 fully saturated rings. The molecule has 5 heteroatoms. The zero-order valence-electron chi connectivity index (χ0n) is 7.11. The van der Waals surface area contributed by atoms with Gasteiger partial charge < -0.3 is 1.43 Å². The van der Waals surface area contributed by atoms with Crippen LogP contribution < -0.4 is 35.0 Å². The first-order valence-electron chi connectivity index (χ1n) is 2.71. The predicted octanol–water partition coefficient (Wildman–Crippen LogP) is -0.998. The molecule has 0 unspecified atom stereocenters. The normalized spacial score (nSPS) is 8.09. The summed E-state index contributed by atoms with van der Waals surface area (Å²) in [7, 11) is 0. The van der Waals surface area contributed by atoms with Gasteiger partial charge in [0.05, 0.1) is 5.69 Å². The van der Waals surface area contributed by atoms with Gasteiger partial charge in [0.15, 0.2) is 0 Å². The summed E-state index contributed by atoms with van der Waals surface area (Å²) in [4.78, 5) is 9.99.